The van der Waals surface area contributed by atoms with E-state index in [0.717, 1.165) is 0 Å². The van der Waals surface area contributed by atoms with Gasteiger partial charge in [0.25, 0.3) is 0 Å². The van der Waals surface area contributed by atoms with E-state index in [2.05, 4.69) is 68.7 Å². The first-order chi connectivity index (χ1) is 9.97. The van der Waals surface area contributed by atoms with Gasteiger partial charge in [-0.25, -0.2) is 0 Å². The molecule has 1 rings (SSSR count). The van der Waals surface area contributed by atoms with Gasteiger partial charge >= 0.3 is 0 Å². The highest BCUT2D eigenvalue weighted by atomic mass is 79.9. The van der Waals surface area contributed by atoms with Gasteiger partial charge in [-0.2, -0.15) is 0 Å². The van der Waals surface area contributed by atoms with Crippen molar-refractivity contribution < 1.29 is 0 Å². The number of halogens is 1. The van der Waals surface area contributed by atoms with Crippen LogP contribution in [0.3, 0.4) is 0 Å². The van der Waals surface area contributed by atoms with Crippen molar-refractivity contribution in [3.05, 3.63) is 34.9 Å². The summed E-state index contributed by atoms with van der Waals surface area (Å²) < 4.78 is 0. The van der Waals surface area contributed by atoms with E-state index < -0.39 is 0 Å². The number of alkyl halides is 1. The van der Waals surface area contributed by atoms with Gasteiger partial charge in [0.2, 0.25) is 0 Å². The molecule has 1 heteroatoms. The van der Waals surface area contributed by atoms with Crippen LogP contribution in [0.2, 0.25) is 0 Å². The van der Waals surface area contributed by atoms with Crippen molar-refractivity contribution in [2.75, 3.05) is 0 Å². The van der Waals surface area contributed by atoms with Crippen molar-refractivity contribution in [1.29, 1.82) is 0 Å². The van der Waals surface area contributed by atoms with Gasteiger partial charge in [0, 0.05) is 4.83 Å². The Morgan fingerprint density at radius 1 is 0.857 bits per heavy atom. The zero-order valence-electron chi connectivity index (χ0n) is 14.6. The lowest BCUT2D eigenvalue weighted by Gasteiger charge is -2.20. The summed E-state index contributed by atoms with van der Waals surface area (Å²) in [5, 5.41) is 0. The normalized spacial score (nSPS) is 13.1. The van der Waals surface area contributed by atoms with E-state index in [-0.39, 0.29) is 0 Å². The van der Waals surface area contributed by atoms with Crippen molar-refractivity contribution in [2.45, 2.75) is 89.8 Å². The fourth-order valence-corrected chi connectivity index (χ4v) is 3.56. The molecule has 1 unspecified atom stereocenters. The predicted molar refractivity (Wildman–Crippen MR) is 99.7 cm³/mol. The first-order valence-electron chi connectivity index (χ1n) is 8.75. The van der Waals surface area contributed by atoms with Gasteiger partial charge in [0.15, 0.2) is 0 Å². The molecule has 0 nitrogen and oxygen atoms in total. The summed E-state index contributed by atoms with van der Waals surface area (Å²) in [6.45, 7) is 11.4. The van der Waals surface area contributed by atoms with Gasteiger partial charge in [-0.1, -0.05) is 101 Å². The highest BCUT2D eigenvalue weighted by Gasteiger charge is 2.15. The Hall–Kier alpha value is -0.300. The summed E-state index contributed by atoms with van der Waals surface area (Å²) in [6.07, 6.45) is 8.06. The van der Waals surface area contributed by atoms with Crippen LogP contribution in [0.5, 0.6) is 0 Å². The van der Waals surface area contributed by atoms with Crippen molar-refractivity contribution >= 4 is 15.9 Å². The molecular formula is C20H33Br. The molecule has 0 aliphatic rings. The van der Waals surface area contributed by atoms with E-state index in [1.165, 1.54) is 55.2 Å². The minimum absolute atomic E-state index is 0.512. The molecule has 0 saturated carbocycles. The molecule has 0 aliphatic heterocycles. The minimum atomic E-state index is 0.512. The molecule has 21 heavy (non-hydrogen) atoms. The standard InChI is InChI=1S/C20H33Br/c1-6-7-8-9-10-11-20(21)18-13-12-17(15(2)3)14-19(18)16(4)5/h12-16,20H,6-11H2,1-5H3. The molecule has 0 N–H and O–H groups in total. The summed E-state index contributed by atoms with van der Waals surface area (Å²) in [5.41, 5.74) is 4.49. The van der Waals surface area contributed by atoms with Crippen molar-refractivity contribution in [2.24, 2.45) is 0 Å². The van der Waals surface area contributed by atoms with Crippen LogP contribution >= 0.6 is 15.9 Å². The van der Waals surface area contributed by atoms with Crippen molar-refractivity contribution in [3.8, 4) is 0 Å². The fraction of sp³-hybridized carbons (Fsp3) is 0.700. The summed E-state index contributed by atoms with van der Waals surface area (Å²) in [6, 6.07) is 7.10. The van der Waals surface area contributed by atoms with Crippen LogP contribution in [0.1, 0.15) is 106 Å². The van der Waals surface area contributed by atoms with E-state index in [4.69, 9.17) is 0 Å². The zero-order valence-corrected chi connectivity index (χ0v) is 16.2. The number of unbranched alkanes of at least 4 members (excludes halogenated alkanes) is 4. The Balaban J connectivity index is 2.71. The largest absolute Gasteiger partial charge is 0.0839 e. The third-order valence-corrected chi connectivity index (χ3v) is 5.25. The molecule has 120 valence electrons. The van der Waals surface area contributed by atoms with Crippen LogP contribution < -0.4 is 0 Å². The third kappa shape index (κ3) is 6.14. The van der Waals surface area contributed by atoms with Gasteiger partial charge in [0.1, 0.15) is 0 Å². The second-order valence-electron chi connectivity index (χ2n) is 6.87. The van der Waals surface area contributed by atoms with Crippen molar-refractivity contribution in [3.63, 3.8) is 0 Å². The van der Waals surface area contributed by atoms with Gasteiger partial charge in [-0.3, -0.25) is 0 Å². The minimum Gasteiger partial charge on any atom is -0.0839 e. The molecule has 0 saturated heterocycles. The Morgan fingerprint density at radius 3 is 2.10 bits per heavy atom. The summed E-state index contributed by atoms with van der Waals surface area (Å²) in [5.74, 6) is 1.21. The molecular weight excluding hydrogens is 320 g/mol. The number of hydrogen-bond acceptors (Lipinski definition) is 0. The van der Waals surface area contributed by atoms with Crippen LogP contribution in [0, 0.1) is 0 Å². The third-order valence-electron chi connectivity index (χ3n) is 4.30. The SMILES string of the molecule is CCCCCCCC(Br)c1ccc(C(C)C)cc1C(C)C. The summed E-state index contributed by atoms with van der Waals surface area (Å²) in [4.78, 5) is 0.512. The molecule has 0 heterocycles. The van der Waals surface area contributed by atoms with Crippen LogP contribution in [0.25, 0.3) is 0 Å². The first-order valence-corrected chi connectivity index (χ1v) is 9.66. The molecule has 0 aromatic heterocycles. The van der Waals surface area contributed by atoms with E-state index >= 15 is 0 Å². The van der Waals surface area contributed by atoms with E-state index in [9.17, 15) is 0 Å². The zero-order chi connectivity index (χ0) is 15.8. The average Bonchev–Trinajstić information content (AvgIpc) is 2.46. The Bertz CT molecular complexity index is 406. The lowest BCUT2D eigenvalue weighted by Crippen LogP contribution is -2.02. The molecule has 0 radical (unpaired) electrons. The van der Waals surface area contributed by atoms with Crippen LogP contribution in [0.15, 0.2) is 18.2 Å². The van der Waals surface area contributed by atoms with E-state index in [1.54, 1.807) is 0 Å². The fourth-order valence-electron chi connectivity index (χ4n) is 2.82. The molecule has 1 atom stereocenters. The van der Waals surface area contributed by atoms with Crippen LogP contribution in [0.4, 0.5) is 0 Å². The quantitative estimate of drug-likeness (QED) is 0.315. The van der Waals surface area contributed by atoms with Gasteiger partial charge in [0.05, 0.1) is 0 Å². The molecule has 0 fully saturated rings. The Kier molecular flexibility index (Phi) is 8.63. The second kappa shape index (κ2) is 9.66. The molecule has 1 aromatic rings. The number of benzene rings is 1. The smallest absolute Gasteiger partial charge is 0.0398 e. The Morgan fingerprint density at radius 2 is 1.52 bits per heavy atom. The van der Waals surface area contributed by atoms with Crippen LogP contribution in [-0.2, 0) is 0 Å². The summed E-state index contributed by atoms with van der Waals surface area (Å²) >= 11 is 3.94. The molecule has 0 spiro atoms. The van der Waals surface area contributed by atoms with Gasteiger partial charge in [-0.05, 0) is 34.9 Å². The molecule has 1 aromatic carbocycles. The van der Waals surface area contributed by atoms with E-state index in [1.807, 2.05) is 0 Å². The predicted octanol–water partition coefficient (Wildman–Crippen LogP) is 7.73. The maximum atomic E-state index is 3.94. The number of hydrogen-bond donors (Lipinski definition) is 0. The van der Waals surface area contributed by atoms with E-state index in [0.29, 0.717) is 16.7 Å². The molecule has 0 aliphatic carbocycles. The van der Waals surface area contributed by atoms with Gasteiger partial charge in [-0.15, -0.1) is 0 Å². The maximum absolute atomic E-state index is 3.94. The monoisotopic (exact) mass is 352 g/mol. The maximum Gasteiger partial charge on any atom is 0.0398 e. The second-order valence-corrected chi connectivity index (χ2v) is 7.97. The number of rotatable bonds is 9. The lowest BCUT2D eigenvalue weighted by atomic mass is 9.89. The topological polar surface area (TPSA) is 0 Å². The first kappa shape index (κ1) is 18.7. The lowest BCUT2D eigenvalue weighted by molar-refractivity contribution is 0.604. The highest BCUT2D eigenvalue weighted by molar-refractivity contribution is 9.09. The highest BCUT2D eigenvalue weighted by Crippen LogP contribution is 2.35. The van der Waals surface area contributed by atoms with Crippen molar-refractivity contribution in [1.82, 2.24) is 0 Å². The Labute approximate surface area is 140 Å². The van der Waals surface area contributed by atoms with Crippen LogP contribution in [-0.4, -0.2) is 0 Å². The average molecular weight is 353 g/mol. The van der Waals surface area contributed by atoms with Gasteiger partial charge < -0.3 is 0 Å². The summed E-state index contributed by atoms with van der Waals surface area (Å²) in [7, 11) is 0. The molecule has 0 amide bonds. The molecule has 0 bridgehead atoms.